The van der Waals surface area contributed by atoms with Crippen molar-refractivity contribution in [2.75, 3.05) is 12.3 Å². The lowest BCUT2D eigenvalue weighted by atomic mass is 10.3. The Kier molecular flexibility index (Phi) is 5.16. The molecule has 2 N–H and O–H groups in total. The third-order valence-electron chi connectivity index (χ3n) is 2.89. The lowest BCUT2D eigenvalue weighted by molar-refractivity contribution is 0.426. The summed E-state index contributed by atoms with van der Waals surface area (Å²) in [6.07, 6.45) is 0. The molecule has 1 heterocycles. The van der Waals surface area contributed by atoms with Crippen LogP contribution >= 0.6 is 34.5 Å². The first-order chi connectivity index (χ1) is 9.84. The Balaban J connectivity index is 2.35. The van der Waals surface area contributed by atoms with Gasteiger partial charge < -0.3 is 5.73 Å². The summed E-state index contributed by atoms with van der Waals surface area (Å²) in [6.45, 7) is 2.37. The highest BCUT2D eigenvalue weighted by Gasteiger charge is 2.26. The zero-order valence-electron chi connectivity index (χ0n) is 11.2. The number of nitrogen functional groups attached to an aromatic ring is 1. The topological polar surface area (TPSA) is 63.4 Å². The van der Waals surface area contributed by atoms with Gasteiger partial charge in [-0.1, -0.05) is 30.1 Å². The number of thiophene rings is 1. The summed E-state index contributed by atoms with van der Waals surface area (Å²) in [5.41, 5.74) is 6.02. The van der Waals surface area contributed by atoms with E-state index in [-0.39, 0.29) is 16.5 Å². The van der Waals surface area contributed by atoms with Crippen molar-refractivity contribution in [1.29, 1.82) is 0 Å². The van der Waals surface area contributed by atoms with Crippen LogP contribution in [0, 0.1) is 0 Å². The monoisotopic (exact) mass is 364 g/mol. The number of anilines is 1. The first-order valence-electron chi connectivity index (χ1n) is 6.14. The lowest BCUT2D eigenvalue weighted by Gasteiger charge is -2.20. The van der Waals surface area contributed by atoms with Crippen LogP contribution in [0.4, 0.5) is 5.69 Å². The Hall–Kier alpha value is -0.790. The minimum atomic E-state index is -3.68. The number of hydrogen-bond donors (Lipinski definition) is 1. The van der Waals surface area contributed by atoms with Crippen LogP contribution in [-0.4, -0.2) is 19.3 Å². The Bertz CT molecular complexity index is 744. The molecular weight excluding hydrogens is 351 g/mol. The molecule has 2 aromatic rings. The number of hydrogen-bond acceptors (Lipinski definition) is 4. The van der Waals surface area contributed by atoms with E-state index in [2.05, 4.69) is 0 Å². The zero-order chi connectivity index (χ0) is 15.6. The molecule has 0 unspecified atom stereocenters. The predicted molar refractivity (Wildman–Crippen MR) is 88.5 cm³/mol. The maximum Gasteiger partial charge on any atom is 0.244 e. The van der Waals surface area contributed by atoms with Crippen LogP contribution in [-0.2, 0) is 16.6 Å². The molecule has 0 amide bonds. The van der Waals surface area contributed by atoms with E-state index in [1.54, 1.807) is 13.0 Å². The molecule has 0 fully saturated rings. The number of nitrogens with two attached hydrogens (primary N) is 1. The molecule has 0 saturated heterocycles. The standard InChI is InChI=1S/C13H14Cl2N2O2S2/c1-2-17(8-10-4-6-13(15)20-10)21(18,19)12-5-3-9(16)7-11(12)14/h3-7H,2,8,16H2,1H3. The quantitative estimate of drug-likeness (QED) is 0.819. The van der Waals surface area contributed by atoms with Crippen LogP contribution in [0.1, 0.15) is 11.8 Å². The van der Waals surface area contributed by atoms with Crippen molar-refractivity contribution in [2.45, 2.75) is 18.4 Å². The van der Waals surface area contributed by atoms with Crippen molar-refractivity contribution >= 4 is 50.2 Å². The van der Waals surface area contributed by atoms with Crippen LogP contribution in [0.2, 0.25) is 9.36 Å². The molecule has 114 valence electrons. The number of halogens is 2. The average Bonchev–Trinajstić information content (AvgIpc) is 2.80. The maximum absolute atomic E-state index is 12.7. The second-order valence-electron chi connectivity index (χ2n) is 4.33. The number of rotatable bonds is 5. The van der Waals surface area contributed by atoms with Crippen LogP contribution in [0.15, 0.2) is 35.2 Å². The third kappa shape index (κ3) is 3.70. The summed E-state index contributed by atoms with van der Waals surface area (Å²) in [6, 6.07) is 7.95. The van der Waals surface area contributed by atoms with Gasteiger partial charge in [-0.3, -0.25) is 0 Å². The van der Waals surface area contributed by atoms with E-state index in [9.17, 15) is 8.42 Å². The fourth-order valence-corrected chi connectivity index (χ4v) is 4.98. The lowest BCUT2D eigenvalue weighted by Crippen LogP contribution is -2.30. The number of nitrogens with zero attached hydrogens (tertiary/aromatic N) is 1. The Morgan fingerprint density at radius 1 is 1.24 bits per heavy atom. The van der Waals surface area contributed by atoms with Gasteiger partial charge in [0, 0.05) is 23.7 Å². The third-order valence-corrected chi connectivity index (χ3v) is 6.51. The highest BCUT2D eigenvalue weighted by atomic mass is 35.5. The van der Waals surface area contributed by atoms with Gasteiger partial charge in [-0.15, -0.1) is 11.3 Å². The van der Waals surface area contributed by atoms with E-state index < -0.39 is 10.0 Å². The molecule has 21 heavy (non-hydrogen) atoms. The molecule has 1 aromatic carbocycles. The molecule has 0 aliphatic rings. The van der Waals surface area contributed by atoms with Crippen molar-refractivity contribution in [3.8, 4) is 0 Å². The van der Waals surface area contributed by atoms with Crippen LogP contribution in [0.3, 0.4) is 0 Å². The molecule has 0 aliphatic heterocycles. The normalized spacial score (nSPS) is 12.0. The molecule has 8 heteroatoms. The van der Waals surface area contributed by atoms with E-state index in [1.165, 1.54) is 33.8 Å². The zero-order valence-corrected chi connectivity index (χ0v) is 14.4. The van der Waals surface area contributed by atoms with Gasteiger partial charge in [-0.05, 0) is 30.3 Å². The molecule has 2 rings (SSSR count). The van der Waals surface area contributed by atoms with Crippen LogP contribution < -0.4 is 5.73 Å². The van der Waals surface area contributed by atoms with Crippen molar-refractivity contribution in [2.24, 2.45) is 0 Å². The Morgan fingerprint density at radius 3 is 2.48 bits per heavy atom. The molecule has 0 aliphatic carbocycles. The van der Waals surface area contributed by atoms with Crippen molar-refractivity contribution in [3.05, 3.63) is 44.6 Å². The van der Waals surface area contributed by atoms with Gasteiger partial charge in [-0.2, -0.15) is 4.31 Å². The molecular formula is C13H14Cl2N2O2S2. The van der Waals surface area contributed by atoms with Crippen LogP contribution in [0.5, 0.6) is 0 Å². The molecule has 0 spiro atoms. The van der Waals surface area contributed by atoms with E-state index >= 15 is 0 Å². The summed E-state index contributed by atoms with van der Waals surface area (Å²) in [7, 11) is -3.68. The predicted octanol–water partition coefficient (Wildman–Crippen LogP) is 3.85. The summed E-state index contributed by atoms with van der Waals surface area (Å²) in [5, 5.41) is 0.123. The summed E-state index contributed by atoms with van der Waals surface area (Å²) < 4.78 is 27.3. The highest BCUT2D eigenvalue weighted by Crippen LogP contribution is 2.29. The van der Waals surface area contributed by atoms with E-state index in [0.717, 1.165) is 4.88 Å². The smallest absolute Gasteiger partial charge is 0.244 e. The first kappa shape index (κ1) is 16.6. The molecule has 4 nitrogen and oxygen atoms in total. The molecule has 0 radical (unpaired) electrons. The number of sulfonamides is 1. The van der Waals surface area contributed by atoms with Gasteiger partial charge in [0.25, 0.3) is 0 Å². The highest BCUT2D eigenvalue weighted by molar-refractivity contribution is 7.89. The van der Waals surface area contributed by atoms with Crippen molar-refractivity contribution in [3.63, 3.8) is 0 Å². The van der Waals surface area contributed by atoms with Gasteiger partial charge in [0.15, 0.2) is 0 Å². The largest absolute Gasteiger partial charge is 0.399 e. The Morgan fingerprint density at radius 2 is 1.95 bits per heavy atom. The minimum Gasteiger partial charge on any atom is -0.399 e. The summed E-state index contributed by atoms with van der Waals surface area (Å²) >= 11 is 13.3. The second kappa shape index (κ2) is 6.54. The van der Waals surface area contributed by atoms with E-state index in [4.69, 9.17) is 28.9 Å². The van der Waals surface area contributed by atoms with Crippen molar-refractivity contribution < 1.29 is 8.42 Å². The average molecular weight is 365 g/mol. The Labute approximate surface area is 138 Å². The molecule has 0 atom stereocenters. The van der Waals surface area contributed by atoms with Crippen LogP contribution in [0.25, 0.3) is 0 Å². The van der Waals surface area contributed by atoms with E-state index in [0.29, 0.717) is 16.6 Å². The van der Waals surface area contributed by atoms with Gasteiger partial charge >= 0.3 is 0 Å². The fraction of sp³-hybridized carbons (Fsp3) is 0.231. The maximum atomic E-state index is 12.7. The van der Waals surface area contributed by atoms with Gasteiger partial charge in [0.2, 0.25) is 10.0 Å². The van der Waals surface area contributed by atoms with Gasteiger partial charge in [-0.25, -0.2) is 8.42 Å². The summed E-state index contributed by atoms with van der Waals surface area (Å²) in [4.78, 5) is 0.930. The fourth-order valence-electron chi connectivity index (χ4n) is 1.84. The number of benzene rings is 1. The molecule has 1 aromatic heterocycles. The van der Waals surface area contributed by atoms with Gasteiger partial charge in [0.05, 0.1) is 9.36 Å². The summed E-state index contributed by atoms with van der Waals surface area (Å²) in [5.74, 6) is 0. The van der Waals surface area contributed by atoms with Crippen molar-refractivity contribution in [1.82, 2.24) is 4.31 Å². The molecule has 0 saturated carbocycles. The minimum absolute atomic E-state index is 0.0582. The SMILES string of the molecule is CCN(Cc1ccc(Cl)s1)S(=O)(=O)c1ccc(N)cc1Cl. The molecule has 0 bridgehead atoms. The second-order valence-corrected chi connectivity index (χ2v) is 8.44. The van der Waals surface area contributed by atoms with E-state index in [1.807, 2.05) is 6.07 Å². The first-order valence-corrected chi connectivity index (χ1v) is 9.15. The van der Waals surface area contributed by atoms with Gasteiger partial charge in [0.1, 0.15) is 4.90 Å².